The van der Waals surface area contributed by atoms with Gasteiger partial charge < -0.3 is 9.47 Å². The van der Waals surface area contributed by atoms with Crippen LogP contribution in [0.2, 0.25) is 0 Å². The van der Waals surface area contributed by atoms with Gasteiger partial charge in [-0.05, 0) is 42.7 Å². The summed E-state index contributed by atoms with van der Waals surface area (Å²) in [5, 5.41) is 0. The average molecular weight is 311 g/mol. The number of hydrogen-bond acceptors (Lipinski definition) is 3. The second-order valence-electron chi connectivity index (χ2n) is 5.83. The summed E-state index contributed by atoms with van der Waals surface area (Å²) in [4.78, 5) is 0. The fourth-order valence-corrected chi connectivity index (χ4v) is 3.15. The Labute approximate surface area is 135 Å². The summed E-state index contributed by atoms with van der Waals surface area (Å²) in [5.41, 5.74) is 1.49. The third-order valence-electron chi connectivity index (χ3n) is 3.96. The Balaban J connectivity index is 2.58. The molecule has 0 unspecified atom stereocenters. The summed E-state index contributed by atoms with van der Waals surface area (Å²) >= 11 is 4.58. The van der Waals surface area contributed by atoms with Crippen molar-refractivity contribution in [2.24, 2.45) is 5.41 Å². The molecule has 0 saturated heterocycles. The molecule has 1 aromatic rings. The molecule has 0 amide bonds. The molecule has 120 valence electrons. The van der Waals surface area contributed by atoms with E-state index in [2.05, 4.69) is 50.7 Å². The Bertz CT molecular complexity index is 369. The molecule has 0 heterocycles. The van der Waals surface area contributed by atoms with Gasteiger partial charge in [0.05, 0.1) is 13.2 Å². The van der Waals surface area contributed by atoms with Crippen LogP contribution in [0.4, 0.5) is 0 Å². The molecule has 0 N–H and O–H groups in total. The highest BCUT2D eigenvalue weighted by atomic mass is 32.1. The van der Waals surface area contributed by atoms with E-state index in [4.69, 9.17) is 9.47 Å². The Kier molecular flexibility index (Phi) is 8.86. The second-order valence-corrected chi connectivity index (χ2v) is 6.15. The molecule has 0 saturated carbocycles. The first kappa shape index (κ1) is 18.4. The van der Waals surface area contributed by atoms with Crippen molar-refractivity contribution in [1.82, 2.24) is 0 Å². The minimum absolute atomic E-state index is 0.210. The first-order valence-corrected chi connectivity index (χ1v) is 8.64. The topological polar surface area (TPSA) is 18.5 Å². The van der Waals surface area contributed by atoms with Crippen molar-refractivity contribution >= 4 is 12.6 Å². The first-order chi connectivity index (χ1) is 10.2. The summed E-state index contributed by atoms with van der Waals surface area (Å²) in [6, 6.07) is 8.37. The number of hydrogen-bond donors (Lipinski definition) is 1. The monoisotopic (exact) mass is 310 g/mol. The average Bonchev–Trinajstić information content (AvgIpc) is 2.52. The van der Waals surface area contributed by atoms with Crippen LogP contribution in [0.5, 0.6) is 5.75 Å². The van der Waals surface area contributed by atoms with Gasteiger partial charge in [-0.15, -0.1) is 0 Å². The van der Waals surface area contributed by atoms with Crippen molar-refractivity contribution in [3.8, 4) is 5.75 Å². The first-order valence-electron chi connectivity index (χ1n) is 8.01. The standard InChI is InChI=1S/C18H30O2S/c1-4-11-18(15-21,12-5-2)14-20-17-8-6-16(7-9-17)10-13-19-3/h6-9,21H,4-5,10-15H2,1-3H3. The molecule has 2 nitrogen and oxygen atoms in total. The lowest BCUT2D eigenvalue weighted by Gasteiger charge is -2.31. The fraction of sp³-hybridized carbons (Fsp3) is 0.667. The minimum Gasteiger partial charge on any atom is -0.493 e. The zero-order valence-electron chi connectivity index (χ0n) is 13.7. The molecule has 3 heteroatoms. The van der Waals surface area contributed by atoms with Gasteiger partial charge in [0.25, 0.3) is 0 Å². The maximum atomic E-state index is 6.05. The molecule has 1 rings (SSSR count). The fourth-order valence-electron chi connectivity index (χ4n) is 2.74. The zero-order valence-corrected chi connectivity index (χ0v) is 14.6. The van der Waals surface area contributed by atoms with Crippen molar-refractivity contribution in [3.63, 3.8) is 0 Å². The van der Waals surface area contributed by atoms with Gasteiger partial charge in [0.15, 0.2) is 0 Å². The van der Waals surface area contributed by atoms with E-state index in [0.29, 0.717) is 0 Å². The molecular weight excluding hydrogens is 280 g/mol. The number of methoxy groups -OCH3 is 1. The van der Waals surface area contributed by atoms with E-state index >= 15 is 0 Å². The second kappa shape index (κ2) is 10.1. The zero-order chi connectivity index (χ0) is 15.6. The number of benzene rings is 1. The summed E-state index contributed by atoms with van der Waals surface area (Å²) < 4.78 is 11.1. The predicted octanol–water partition coefficient (Wildman–Crippen LogP) is 4.77. The van der Waals surface area contributed by atoms with E-state index in [0.717, 1.165) is 31.1 Å². The maximum Gasteiger partial charge on any atom is 0.119 e. The largest absolute Gasteiger partial charge is 0.493 e. The normalized spacial score (nSPS) is 11.6. The summed E-state index contributed by atoms with van der Waals surface area (Å²) in [7, 11) is 1.73. The van der Waals surface area contributed by atoms with E-state index in [-0.39, 0.29) is 5.41 Å². The van der Waals surface area contributed by atoms with Gasteiger partial charge in [-0.1, -0.05) is 38.8 Å². The van der Waals surface area contributed by atoms with Gasteiger partial charge in [-0.25, -0.2) is 0 Å². The van der Waals surface area contributed by atoms with E-state index < -0.39 is 0 Å². The summed E-state index contributed by atoms with van der Waals surface area (Å²) in [5.74, 6) is 1.84. The molecular formula is C18H30O2S. The highest BCUT2D eigenvalue weighted by molar-refractivity contribution is 7.80. The van der Waals surface area contributed by atoms with Crippen LogP contribution in [0.1, 0.15) is 45.1 Å². The Morgan fingerprint density at radius 3 is 2.14 bits per heavy atom. The van der Waals surface area contributed by atoms with Crippen LogP contribution in [0.25, 0.3) is 0 Å². The Morgan fingerprint density at radius 2 is 1.67 bits per heavy atom. The van der Waals surface area contributed by atoms with E-state index in [1.54, 1.807) is 7.11 Å². The van der Waals surface area contributed by atoms with Crippen LogP contribution in [0.3, 0.4) is 0 Å². The van der Waals surface area contributed by atoms with Crippen LogP contribution < -0.4 is 4.74 Å². The Morgan fingerprint density at radius 1 is 1.05 bits per heavy atom. The molecule has 0 radical (unpaired) electrons. The van der Waals surface area contributed by atoms with Crippen LogP contribution in [0.15, 0.2) is 24.3 Å². The van der Waals surface area contributed by atoms with Gasteiger partial charge >= 0.3 is 0 Å². The molecule has 0 aliphatic carbocycles. The molecule has 0 atom stereocenters. The lowest BCUT2D eigenvalue weighted by molar-refractivity contribution is 0.143. The van der Waals surface area contributed by atoms with E-state index in [1.807, 2.05) is 0 Å². The highest BCUT2D eigenvalue weighted by Gasteiger charge is 2.27. The van der Waals surface area contributed by atoms with Crippen LogP contribution in [-0.2, 0) is 11.2 Å². The minimum atomic E-state index is 0.210. The van der Waals surface area contributed by atoms with Gasteiger partial charge in [-0.3, -0.25) is 0 Å². The molecule has 21 heavy (non-hydrogen) atoms. The van der Waals surface area contributed by atoms with Gasteiger partial charge in [0, 0.05) is 12.5 Å². The van der Waals surface area contributed by atoms with E-state index in [9.17, 15) is 0 Å². The Hall–Kier alpha value is -0.670. The quantitative estimate of drug-likeness (QED) is 0.593. The summed E-state index contributed by atoms with van der Waals surface area (Å²) in [6.45, 7) is 5.99. The van der Waals surface area contributed by atoms with Crippen molar-refractivity contribution < 1.29 is 9.47 Å². The van der Waals surface area contributed by atoms with Gasteiger partial charge in [-0.2, -0.15) is 12.6 Å². The third kappa shape index (κ3) is 6.31. The lowest BCUT2D eigenvalue weighted by Crippen LogP contribution is -2.30. The molecule has 0 aliphatic heterocycles. The smallest absolute Gasteiger partial charge is 0.119 e. The highest BCUT2D eigenvalue weighted by Crippen LogP contribution is 2.32. The molecule has 0 bridgehead atoms. The van der Waals surface area contributed by atoms with Crippen molar-refractivity contribution in [2.75, 3.05) is 26.1 Å². The SMILES string of the molecule is CCCC(CS)(CCC)COc1ccc(CCOC)cc1. The lowest BCUT2D eigenvalue weighted by atomic mass is 9.82. The number of ether oxygens (including phenoxy) is 2. The van der Waals surface area contributed by atoms with Crippen molar-refractivity contribution in [2.45, 2.75) is 46.0 Å². The van der Waals surface area contributed by atoms with Crippen LogP contribution >= 0.6 is 12.6 Å². The molecule has 0 spiro atoms. The van der Waals surface area contributed by atoms with Crippen molar-refractivity contribution in [1.29, 1.82) is 0 Å². The van der Waals surface area contributed by atoms with Crippen LogP contribution in [0, 0.1) is 5.41 Å². The number of rotatable bonds is 11. The summed E-state index contributed by atoms with van der Waals surface area (Å²) in [6.07, 6.45) is 5.66. The molecule has 1 aromatic carbocycles. The molecule has 0 aromatic heterocycles. The van der Waals surface area contributed by atoms with Crippen molar-refractivity contribution in [3.05, 3.63) is 29.8 Å². The number of thiol groups is 1. The third-order valence-corrected chi connectivity index (χ3v) is 4.63. The van der Waals surface area contributed by atoms with Gasteiger partial charge in [0.1, 0.15) is 5.75 Å². The predicted molar refractivity (Wildman–Crippen MR) is 93.6 cm³/mol. The maximum absolute atomic E-state index is 6.05. The molecule has 0 aliphatic rings. The van der Waals surface area contributed by atoms with Gasteiger partial charge in [0.2, 0.25) is 0 Å². The van der Waals surface area contributed by atoms with Crippen LogP contribution in [-0.4, -0.2) is 26.1 Å². The van der Waals surface area contributed by atoms with E-state index in [1.165, 1.54) is 31.2 Å². The molecule has 0 fully saturated rings.